The second-order valence-corrected chi connectivity index (χ2v) is 7.95. The third-order valence-corrected chi connectivity index (χ3v) is 4.86. The fourth-order valence-corrected chi connectivity index (χ4v) is 3.31. The molecule has 1 heterocycles. The predicted octanol–water partition coefficient (Wildman–Crippen LogP) is 3.54. The van der Waals surface area contributed by atoms with Gasteiger partial charge >= 0.3 is 0 Å². The molecule has 2 rings (SSSR count). The molecule has 0 aliphatic rings. The molecule has 0 aliphatic heterocycles. The average molecular weight is 394 g/mol. The average Bonchev–Trinajstić information content (AvgIpc) is 2.59. The SMILES string of the molecule is CCSCc1cc(=O)[nH]c(SCC(=O)Nc2ccc(OC(C)C)cc2)n1. The number of aromatic nitrogens is 2. The third kappa shape index (κ3) is 7.13. The maximum absolute atomic E-state index is 12.1. The summed E-state index contributed by atoms with van der Waals surface area (Å²) in [5.41, 5.74) is 1.22. The van der Waals surface area contributed by atoms with Gasteiger partial charge in [0.25, 0.3) is 5.56 Å². The van der Waals surface area contributed by atoms with Crippen LogP contribution in [0.2, 0.25) is 0 Å². The lowest BCUT2D eigenvalue weighted by Gasteiger charge is -2.10. The van der Waals surface area contributed by atoms with Crippen molar-refractivity contribution in [1.29, 1.82) is 0 Å². The van der Waals surface area contributed by atoms with Gasteiger partial charge in [-0.15, -0.1) is 0 Å². The molecule has 0 saturated heterocycles. The van der Waals surface area contributed by atoms with Crippen LogP contribution >= 0.6 is 23.5 Å². The number of benzene rings is 1. The van der Waals surface area contributed by atoms with Gasteiger partial charge in [0.15, 0.2) is 5.16 Å². The molecule has 0 bridgehead atoms. The summed E-state index contributed by atoms with van der Waals surface area (Å²) in [4.78, 5) is 30.8. The maximum Gasteiger partial charge on any atom is 0.251 e. The van der Waals surface area contributed by atoms with Crippen molar-refractivity contribution in [2.45, 2.75) is 37.8 Å². The lowest BCUT2D eigenvalue weighted by atomic mass is 10.3. The molecule has 1 aromatic heterocycles. The van der Waals surface area contributed by atoms with Crippen LogP contribution < -0.4 is 15.6 Å². The summed E-state index contributed by atoms with van der Waals surface area (Å²) in [5, 5.41) is 3.28. The number of aromatic amines is 1. The van der Waals surface area contributed by atoms with Crippen LogP contribution in [-0.4, -0.2) is 33.5 Å². The van der Waals surface area contributed by atoms with Crippen molar-refractivity contribution in [1.82, 2.24) is 9.97 Å². The van der Waals surface area contributed by atoms with E-state index in [1.165, 1.54) is 17.8 Å². The van der Waals surface area contributed by atoms with Crippen LogP contribution in [0, 0.1) is 0 Å². The van der Waals surface area contributed by atoms with E-state index in [-0.39, 0.29) is 23.3 Å². The molecular formula is C18H23N3O3S2. The van der Waals surface area contributed by atoms with Gasteiger partial charge in [-0.2, -0.15) is 11.8 Å². The molecule has 0 saturated carbocycles. The van der Waals surface area contributed by atoms with Gasteiger partial charge in [0, 0.05) is 17.5 Å². The van der Waals surface area contributed by atoms with E-state index in [2.05, 4.69) is 22.2 Å². The maximum atomic E-state index is 12.1. The zero-order valence-electron chi connectivity index (χ0n) is 15.1. The third-order valence-electron chi connectivity index (χ3n) is 3.08. The minimum Gasteiger partial charge on any atom is -0.491 e. The fraction of sp³-hybridized carbons (Fsp3) is 0.389. The van der Waals surface area contributed by atoms with Crippen LogP contribution in [-0.2, 0) is 10.5 Å². The van der Waals surface area contributed by atoms with Crippen molar-refractivity contribution in [2.24, 2.45) is 0 Å². The zero-order chi connectivity index (χ0) is 18.9. The Morgan fingerprint density at radius 3 is 2.69 bits per heavy atom. The van der Waals surface area contributed by atoms with E-state index in [0.29, 0.717) is 16.6 Å². The first-order chi connectivity index (χ1) is 12.5. The molecule has 0 atom stereocenters. The molecule has 1 amide bonds. The van der Waals surface area contributed by atoms with Crippen molar-refractivity contribution in [2.75, 3.05) is 16.8 Å². The van der Waals surface area contributed by atoms with E-state index < -0.39 is 0 Å². The first-order valence-electron chi connectivity index (χ1n) is 8.33. The standard InChI is InChI=1S/C18H23N3O3S2/c1-4-25-10-14-9-16(22)21-18(20-14)26-11-17(23)19-13-5-7-15(8-6-13)24-12(2)3/h5-9,12H,4,10-11H2,1-3H3,(H,19,23)(H,20,21,22). The highest BCUT2D eigenvalue weighted by molar-refractivity contribution is 7.99. The summed E-state index contributed by atoms with van der Waals surface area (Å²) >= 11 is 2.90. The minimum atomic E-state index is -0.199. The Bertz CT molecular complexity index is 776. The highest BCUT2D eigenvalue weighted by atomic mass is 32.2. The van der Waals surface area contributed by atoms with Crippen molar-refractivity contribution in [3.8, 4) is 5.75 Å². The van der Waals surface area contributed by atoms with Crippen LogP contribution in [0.3, 0.4) is 0 Å². The van der Waals surface area contributed by atoms with Crippen molar-refractivity contribution in [3.63, 3.8) is 0 Å². The minimum absolute atomic E-state index is 0.105. The summed E-state index contributed by atoms with van der Waals surface area (Å²) in [7, 11) is 0. The molecule has 6 nitrogen and oxygen atoms in total. The Kier molecular flexibility index (Phi) is 8.06. The number of amides is 1. The monoisotopic (exact) mass is 393 g/mol. The molecule has 2 aromatic rings. The van der Waals surface area contributed by atoms with Crippen LogP contribution in [0.5, 0.6) is 5.75 Å². The number of nitrogens with zero attached hydrogens (tertiary/aromatic N) is 1. The molecule has 140 valence electrons. The van der Waals surface area contributed by atoms with Crippen LogP contribution in [0.4, 0.5) is 5.69 Å². The Hall–Kier alpha value is -1.93. The number of carbonyl (C=O) groups is 1. The Balaban J connectivity index is 1.88. The molecule has 0 spiro atoms. The molecule has 26 heavy (non-hydrogen) atoms. The summed E-state index contributed by atoms with van der Waals surface area (Å²) in [6.45, 7) is 5.97. The number of anilines is 1. The van der Waals surface area contributed by atoms with E-state index in [4.69, 9.17) is 4.74 Å². The van der Waals surface area contributed by atoms with Gasteiger partial charge in [-0.25, -0.2) is 4.98 Å². The fourth-order valence-electron chi connectivity index (χ4n) is 2.05. The van der Waals surface area contributed by atoms with Gasteiger partial charge in [0.05, 0.1) is 17.6 Å². The predicted molar refractivity (Wildman–Crippen MR) is 108 cm³/mol. The van der Waals surface area contributed by atoms with Crippen molar-refractivity contribution >= 4 is 35.1 Å². The summed E-state index contributed by atoms with van der Waals surface area (Å²) in [6, 6.07) is 8.72. The molecule has 0 unspecified atom stereocenters. The van der Waals surface area contributed by atoms with Gasteiger partial charge in [0.2, 0.25) is 5.91 Å². The van der Waals surface area contributed by atoms with Crippen LogP contribution in [0.15, 0.2) is 40.3 Å². The highest BCUT2D eigenvalue weighted by Gasteiger charge is 2.07. The number of thioether (sulfide) groups is 2. The molecule has 0 aliphatic carbocycles. The number of hydrogen-bond acceptors (Lipinski definition) is 6. The number of carbonyl (C=O) groups excluding carboxylic acids is 1. The van der Waals surface area contributed by atoms with E-state index in [9.17, 15) is 9.59 Å². The first kappa shape index (κ1) is 20.4. The van der Waals surface area contributed by atoms with E-state index in [1.807, 2.05) is 26.0 Å². The quantitative estimate of drug-likeness (QED) is 0.501. The van der Waals surface area contributed by atoms with Crippen molar-refractivity contribution in [3.05, 3.63) is 46.4 Å². The summed E-state index contributed by atoms with van der Waals surface area (Å²) in [5.74, 6) is 2.41. The van der Waals surface area contributed by atoms with Crippen molar-refractivity contribution < 1.29 is 9.53 Å². The highest BCUT2D eigenvalue weighted by Crippen LogP contribution is 2.18. The second kappa shape index (κ2) is 10.3. The Morgan fingerprint density at radius 2 is 2.04 bits per heavy atom. The van der Waals surface area contributed by atoms with Gasteiger partial charge in [0.1, 0.15) is 5.75 Å². The summed E-state index contributed by atoms with van der Waals surface area (Å²) in [6.07, 6.45) is 0.105. The lowest BCUT2D eigenvalue weighted by molar-refractivity contribution is -0.113. The van der Waals surface area contributed by atoms with E-state index >= 15 is 0 Å². The zero-order valence-corrected chi connectivity index (χ0v) is 16.7. The topological polar surface area (TPSA) is 84.1 Å². The molecule has 1 aromatic carbocycles. The second-order valence-electron chi connectivity index (χ2n) is 5.71. The Morgan fingerprint density at radius 1 is 1.31 bits per heavy atom. The Labute approximate surface area is 161 Å². The normalized spacial score (nSPS) is 10.8. The van der Waals surface area contributed by atoms with Gasteiger partial charge in [-0.1, -0.05) is 18.7 Å². The molecule has 2 N–H and O–H groups in total. The number of hydrogen-bond donors (Lipinski definition) is 2. The van der Waals surface area contributed by atoms with Gasteiger partial charge in [-0.3, -0.25) is 9.59 Å². The van der Waals surface area contributed by atoms with Gasteiger partial charge in [-0.05, 0) is 43.9 Å². The smallest absolute Gasteiger partial charge is 0.251 e. The number of H-pyrrole nitrogens is 1. The van der Waals surface area contributed by atoms with E-state index in [1.54, 1.807) is 23.9 Å². The van der Waals surface area contributed by atoms with Crippen LogP contribution in [0.25, 0.3) is 0 Å². The molecule has 0 radical (unpaired) electrons. The van der Waals surface area contributed by atoms with Gasteiger partial charge < -0.3 is 15.0 Å². The largest absolute Gasteiger partial charge is 0.491 e. The molecule has 0 fully saturated rings. The number of rotatable bonds is 9. The van der Waals surface area contributed by atoms with Crippen LogP contribution in [0.1, 0.15) is 26.5 Å². The number of ether oxygens (including phenoxy) is 1. The lowest BCUT2D eigenvalue weighted by Crippen LogP contribution is -2.16. The summed E-state index contributed by atoms with van der Waals surface area (Å²) < 4.78 is 5.57. The molecular weight excluding hydrogens is 370 g/mol. The molecule has 8 heteroatoms. The first-order valence-corrected chi connectivity index (χ1v) is 10.5. The van der Waals surface area contributed by atoms with E-state index in [0.717, 1.165) is 17.2 Å². The number of nitrogens with one attached hydrogen (secondary N) is 2.